The van der Waals surface area contributed by atoms with Crippen LogP contribution < -0.4 is 5.73 Å². The summed E-state index contributed by atoms with van der Waals surface area (Å²) in [6, 6.07) is 0. The lowest BCUT2D eigenvalue weighted by molar-refractivity contribution is -0.116. The first-order valence-electron chi connectivity index (χ1n) is 12.5. The van der Waals surface area contributed by atoms with Crippen LogP contribution in [-0.4, -0.2) is 29.9 Å². The molecule has 0 saturated heterocycles. The Morgan fingerprint density at radius 1 is 0.900 bits per heavy atom. The molecule has 0 spiro atoms. The second-order valence-electron chi connectivity index (χ2n) is 9.79. The molecule has 1 amide bonds. The molecule has 0 saturated carbocycles. The van der Waals surface area contributed by atoms with Gasteiger partial charge < -0.3 is 10.8 Å². The summed E-state index contributed by atoms with van der Waals surface area (Å²) in [5.41, 5.74) is 9.45. The number of primary amides is 1. The van der Waals surface area contributed by atoms with Gasteiger partial charge in [-0.05, 0) is 50.0 Å². The van der Waals surface area contributed by atoms with Gasteiger partial charge in [0.05, 0.1) is 0 Å². The molecule has 0 unspecified atom stereocenters. The Balaban J connectivity index is 2.16. The molecule has 0 aromatic rings. The molecule has 1 aliphatic rings. The first kappa shape index (κ1) is 26.9. The maximum atomic E-state index is 11.1. The van der Waals surface area contributed by atoms with Crippen molar-refractivity contribution in [2.75, 3.05) is 13.2 Å². The van der Waals surface area contributed by atoms with E-state index in [9.17, 15) is 4.79 Å². The highest BCUT2D eigenvalue weighted by Gasteiger charge is 2.30. The van der Waals surface area contributed by atoms with Gasteiger partial charge in [-0.25, -0.2) is 0 Å². The van der Waals surface area contributed by atoms with Gasteiger partial charge in [0.15, 0.2) is 0 Å². The topological polar surface area (TPSA) is 75.7 Å². The van der Waals surface area contributed by atoms with E-state index in [0.717, 1.165) is 31.4 Å². The van der Waals surface area contributed by atoms with E-state index in [0.29, 0.717) is 6.61 Å². The van der Waals surface area contributed by atoms with Crippen LogP contribution in [0.15, 0.2) is 16.1 Å². The number of nitrogens with zero attached hydrogens (tertiary/aromatic N) is 1. The standard InChI is InChI=1S/C26H48N2O2/c1-22-23(26(2,3)19-18-24(22)28-21-25(27)30)17-15-13-11-9-7-5-4-6-8-10-12-14-16-20-29/h29H,4-21H2,1-3H3,(H2,27,30). The van der Waals surface area contributed by atoms with Gasteiger partial charge in [0.25, 0.3) is 0 Å². The highest BCUT2D eigenvalue weighted by atomic mass is 16.2. The molecule has 3 N–H and O–H groups in total. The van der Waals surface area contributed by atoms with E-state index in [1.807, 2.05) is 0 Å². The number of hydrogen-bond donors (Lipinski definition) is 2. The number of carbonyl (C=O) groups is 1. The van der Waals surface area contributed by atoms with Gasteiger partial charge in [-0.3, -0.25) is 9.79 Å². The Morgan fingerprint density at radius 3 is 1.83 bits per heavy atom. The van der Waals surface area contributed by atoms with Crippen LogP contribution in [0.4, 0.5) is 0 Å². The molecule has 0 bridgehead atoms. The zero-order chi connectivity index (χ0) is 22.2. The first-order valence-corrected chi connectivity index (χ1v) is 12.5. The van der Waals surface area contributed by atoms with E-state index in [-0.39, 0.29) is 17.9 Å². The van der Waals surface area contributed by atoms with Crippen molar-refractivity contribution < 1.29 is 9.90 Å². The molecule has 174 valence electrons. The summed E-state index contributed by atoms with van der Waals surface area (Å²) in [6.07, 6.45) is 20.2. The lowest BCUT2D eigenvalue weighted by Crippen LogP contribution is -2.26. The largest absolute Gasteiger partial charge is 0.396 e. The second kappa shape index (κ2) is 15.6. The number of rotatable bonds is 17. The Hall–Kier alpha value is -1.16. The van der Waals surface area contributed by atoms with Crippen molar-refractivity contribution in [2.45, 2.75) is 124 Å². The highest BCUT2D eigenvalue weighted by molar-refractivity contribution is 6.02. The molecule has 0 heterocycles. The zero-order valence-corrected chi connectivity index (χ0v) is 20.1. The van der Waals surface area contributed by atoms with Gasteiger partial charge in [-0.2, -0.15) is 0 Å². The molecule has 0 aromatic carbocycles. The molecule has 0 aromatic heterocycles. The van der Waals surface area contributed by atoms with Gasteiger partial charge in [0.1, 0.15) is 6.54 Å². The van der Waals surface area contributed by atoms with Crippen molar-refractivity contribution in [3.05, 3.63) is 11.1 Å². The third kappa shape index (κ3) is 11.3. The molecule has 1 rings (SSSR count). The molecule has 30 heavy (non-hydrogen) atoms. The highest BCUT2D eigenvalue weighted by Crippen LogP contribution is 2.41. The Morgan fingerprint density at radius 2 is 1.37 bits per heavy atom. The van der Waals surface area contributed by atoms with Crippen molar-refractivity contribution in [3.63, 3.8) is 0 Å². The summed E-state index contributed by atoms with van der Waals surface area (Å²) < 4.78 is 0. The first-order chi connectivity index (χ1) is 14.4. The molecular weight excluding hydrogens is 372 g/mol. The Kier molecular flexibility index (Phi) is 14.0. The minimum absolute atomic E-state index is 0.115. The lowest BCUT2D eigenvalue weighted by Gasteiger charge is -2.35. The van der Waals surface area contributed by atoms with E-state index in [2.05, 4.69) is 25.8 Å². The van der Waals surface area contributed by atoms with Crippen molar-refractivity contribution in [3.8, 4) is 0 Å². The van der Waals surface area contributed by atoms with Gasteiger partial charge in [0.2, 0.25) is 5.91 Å². The van der Waals surface area contributed by atoms with Gasteiger partial charge in [0, 0.05) is 12.3 Å². The normalized spacial score (nSPS) is 17.7. The van der Waals surface area contributed by atoms with Crippen LogP contribution >= 0.6 is 0 Å². The maximum Gasteiger partial charge on any atom is 0.239 e. The van der Waals surface area contributed by atoms with Crippen LogP contribution in [0.2, 0.25) is 0 Å². The molecule has 0 aliphatic heterocycles. The SMILES string of the molecule is CC1=C(CCCCCCCCCCCCCCCO)C(C)(C)CCC1=NCC(N)=O. The molecule has 0 atom stereocenters. The summed E-state index contributed by atoms with van der Waals surface area (Å²) in [4.78, 5) is 15.5. The van der Waals surface area contributed by atoms with Crippen molar-refractivity contribution in [2.24, 2.45) is 16.1 Å². The number of nitrogens with two attached hydrogens (primary N) is 1. The molecule has 0 radical (unpaired) electrons. The number of amides is 1. The van der Waals surface area contributed by atoms with Crippen LogP contribution in [-0.2, 0) is 4.79 Å². The zero-order valence-electron chi connectivity index (χ0n) is 20.1. The second-order valence-corrected chi connectivity index (χ2v) is 9.79. The number of allylic oxidation sites excluding steroid dienone is 2. The fourth-order valence-electron chi connectivity index (χ4n) is 4.71. The van der Waals surface area contributed by atoms with Crippen molar-refractivity contribution >= 4 is 11.6 Å². The molecule has 4 heteroatoms. The summed E-state index contributed by atoms with van der Waals surface area (Å²) in [7, 11) is 0. The number of aliphatic hydroxyl groups excluding tert-OH is 1. The summed E-state index contributed by atoms with van der Waals surface area (Å²) in [5.74, 6) is -0.347. The third-order valence-electron chi connectivity index (χ3n) is 6.70. The minimum atomic E-state index is -0.347. The van der Waals surface area contributed by atoms with Crippen LogP contribution in [0.3, 0.4) is 0 Å². The van der Waals surface area contributed by atoms with Gasteiger partial charge in [-0.1, -0.05) is 90.0 Å². The molecule has 1 aliphatic carbocycles. The quantitative estimate of drug-likeness (QED) is 0.263. The number of unbranched alkanes of at least 4 members (excludes halogenated alkanes) is 12. The van der Waals surface area contributed by atoms with Crippen LogP contribution in [0.25, 0.3) is 0 Å². The van der Waals surface area contributed by atoms with Crippen molar-refractivity contribution in [1.29, 1.82) is 0 Å². The molecule has 0 fully saturated rings. The van der Waals surface area contributed by atoms with E-state index in [1.165, 1.54) is 88.2 Å². The number of aliphatic imine (C=N–C) groups is 1. The Labute approximate surface area is 185 Å². The smallest absolute Gasteiger partial charge is 0.239 e. The number of carbonyl (C=O) groups excluding carboxylic acids is 1. The average molecular weight is 421 g/mol. The Bertz CT molecular complexity index is 549. The predicted molar refractivity (Wildman–Crippen MR) is 129 cm³/mol. The fraction of sp³-hybridized carbons (Fsp3) is 0.846. The number of hydrogen-bond acceptors (Lipinski definition) is 3. The van der Waals surface area contributed by atoms with Gasteiger partial charge in [-0.15, -0.1) is 0 Å². The van der Waals surface area contributed by atoms with Crippen LogP contribution in [0.1, 0.15) is 124 Å². The minimum Gasteiger partial charge on any atom is -0.396 e. The third-order valence-corrected chi connectivity index (χ3v) is 6.70. The van der Waals surface area contributed by atoms with Crippen LogP contribution in [0, 0.1) is 5.41 Å². The van der Waals surface area contributed by atoms with Crippen LogP contribution in [0.5, 0.6) is 0 Å². The summed E-state index contributed by atoms with van der Waals surface area (Å²) in [6.45, 7) is 7.35. The summed E-state index contributed by atoms with van der Waals surface area (Å²) >= 11 is 0. The van der Waals surface area contributed by atoms with E-state index in [1.54, 1.807) is 0 Å². The molecule has 4 nitrogen and oxygen atoms in total. The molecular formula is C26H48N2O2. The van der Waals surface area contributed by atoms with Crippen molar-refractivity contribution in [1.82, 2.24) is 0 Å². The predicted octanol–water partition coefficient (Wildman–Crippen LogP) is 6.50. The van der Waals surface area contributed by atoms with Gasteiger partial charge >= 0.3 is 0 Å². The lowest BCUT2D eigenvalue weighted by atomic mass is 9.70. The fourth-order valence-corrected chi connectivity index (χ4v) is 4.71. The monoisotopic (exact) mass is 420 g/mol. The average Bonchev–Trinajstić information content (AvgIpc) is 2.69. The van der Waals surface area contributed by atoms with E-state index in [4.69, 9.17) is 10.8 Å². The van der Waals surface area contributed by atoms with E-state index >= 15 is 0 Å². The number of aliphatic hydroxyl groups is 1. The maximum absolute atomic E-state index is 11.1. The van der Waals surface area contributed by atoms with E-state index < -0.39 is 0 Å². The summed E-state index contributed by atoms with van der Waals surface area (Å²) in [5, 5.41) is 8.77.